The smallest absolute Gasteiger partial charge is 0.306 e. The van der Waals surface area contributed by atoms with Gasteiger partial charge in [-0.15, -0.1) is 0 Å². The minimum atomic E-state index is -0.757. The van der Waals surface area contributed by atoms with Crippen LogP contribution < -0.4 is 0 Å². The second kappa shape index (κ2) is 36.7. The van der Waals surface area contributed by atoms with E-state index in [2.05, 4.69) is 27.7 Å². The zero-order chi connectivity index (χ0) is 35.3. The number of hydrogen-bond acceptors (Lipinski definition) is 6. The van der Waals surface area contributed by atoms with Gasteiger partial charge < -0.3 is 14.2 Å². The van der Waals surface area contributed by atoms with E-state index in [-0.39, 0.29) is 31.1 Å². The van der Waals surface area contributed by atoms with Gasteiger partial charge in [0, 0.05) is 19.3 Å². The lowest BCUT2D eigenvalue weighted by atomic mass is 9.99. The Balaban J connectivity index is 4.25. The molecular formula is C42H80O6. The lowest BCUT2D eigenvalue weighted by molar-refractivity contribution is -0.167. The van der Waals surface area contributed by atoms with Gasteiger partial charge in [-0.3, -0.25) is 14.4 Å². The molecule has 1 unspecified atom stereocenters. The number of carbonyl (C=O) groups excluding carboxylic acids is 3. The second-order valence-electron chi connectivity index (χ2n) is 14.5. The molecule has 0 amide bonds. The molecule has 0 aromatic rings. The van der Waals surface area contributed by atoms with Gasteiger partial charge >= 0.3 is 17.9 Å². The van der Waals surface area contributed by atoms with Gasteiger partial charge in [0.05, 0.1) is 0 Å². The summed E-state index contributed by atoms with van der Waals surface area (Å²) in [5.41, 5.74) is 0. The van der Waals surface area contributed by atoms with Crippen molar-refractivity contribution in [1.82, 2.24) is 0 Å². The largest absolute Gasteiger partial charge is 0.462 e. The van der Waals surface area contributed by atoms with Crippen LogP contribution in [0.4, 0.5) is 0 Å². The van der Waals surface area contributed by atoms with Crippen molar-refractivity contribution in [1.29, 1.82) is 0 Å². The Hall–Kier alpha value is -1.59. The standard InChI is InChI=1S/C42H80O6/c1-5-8-10-12-13-14-15-16-17-18-23-27-31-35-42(45)48-39(36-46-40(43)33-29-24-11-9-6-2)37-47-41(44)34-30-26-22-20-19-21-25-28-32-38(4)7-3/h38-39H,5-37H2,1-4H3/t38?,39-/m0/s1. The fourth-order valence-electron chi connectivity index (χ4n) is 6.06. The van der Waals surface area contributed by atoms with Crippen molar-refractivity contribution in [3.63, 3.8) is 0 Å². The molecule has 0 saturated carbocycles. The van der Waals surface area contributed by atoms with Crippen LogP contribution in [0.5, 0.6) is 0 Å². The first kappa shape index (κ1) is 46.4. The first-order chi connectivity index (χ1) is 23.4. The predicted molar refractivity (Wildman–Crippen MR) is 201 cm³/mol. The van der Waals surface area contributed by atoms with Crippen molar-refractivity contribution in [3.05, 3.63) is 0 Å². The topological polar surface area (TPSA) is 78.9 Å². The van der Waals surface area contributed by atoms with Crippen molar-refractivity contribution in [2.45, 2.75) is 233 Å². The molecule has 0 aliphatic rings. The van der Waals surface area contributed by atoms with E-state index in [0.717, 1.165) is 70.1 Å². The first-order valence-electron chi connectivity index (χ1n) is 20.9. The van der Waals surface area contributed by atoms with Gasteiger partial charge in [0.2, 0.25) is 0 Å². The van der Waals surface area contributed by atoms with E-state index in [1.807, 2.05) is 0 Å². The third-order valence-electron chi connectivity index (χ3n) is 9.65. The zero-order valence-electron chi connectivity index (χ0n) is 32.4. The van der Waals surface area contributed by atoms with Gasteiger partial charge in [0.1, 0.15) is 13.2 Å². The van der Waals surface area contributed by atoms with E-state index in [1.54, 1.807) is 0 Å². The van der Waals surface area contributed by atoms with E-state index < -0.39 is 6.10 Å². The van der Waals surface area contributed by atoms with Crippen LogP contribution in [0.25, 0.3) is 0 Å². The molecule has 0 N–H and O–H groups in total. The highest BCUT2D eigenvalue weighted by molar-refractivity contribution is 5.71. The van der Waals surface area contributed by atoms with Gasteiger partial charge in [0.25, 0.3) is 0 Å². The third kappa shape index (κ3) is 34.3. The molecule has 48 heavy (non-hydrogen) atoms. The van der Waals surface area contributed by atoms with Crippen LogP contribution in [0.2, 0.25) is 0 Å². The fourth-order valence-corrected chi connectivity index (χ4v) is 6.06. The molecule has 0 aliphatic heterocycles. The Morgan fingerprint density at radius 2 is 0.729 bits per heavy atom. The molecule has 0 aromatic heterocycles. The molecule has 284 valence electrons. The monoisotopic (exact) mass is 681 g/mol. The van der Waals surface area contributed by atoms with E-state index in [4.69, 9.17) is 14.2 Å². The molecule has 0 fully saturated rings. The molecular weight excluding hydrogens is 600 g/mol. The SMILES string of the molecule is CCCCCCCCCCCCCCCC(=O)O[C@@H](COC(=O)CCCCCCC)COC(=O)CCCCCCCCCCC(C)CC. The molecule has 0 bridgehead atoms. The maximum Gasteiger partial charge on any atom is 0.306 e. The predicted octanol–water partition coefficient (Wildman–Crippen LogP) is 12.8. The number of rotatable bonds is 37. The minimum absolute atomic E-state index is 0.0659. The van der Waals surface area contributed by atoms with Crippen LogP contribution in [0.3, 0.4) is 0 Å². The first-order valence-corrected chi connectivity index (χ1v) is 20.9. The summed E-state index contributed by atoms with van der Waals surface area (Å²) < 4.78 is 16.6. The summed E-state index contributed by atoms with van der Waals surface area (Å²) in [5.74, 6) is -0.0264. The fraction of sp³-hybridized carbons (Fsp3) is 0.929. The summed E-state index contributed by atoms with van der Waals surface area (Å²) in [6.07, 6.45) is 33.9. The Kier molecular flexibility index (Phi) is 35.5. The van der Waals surface area contributed by atoms with E-state index >= 15 is 0 Å². The molecule has 0 saturated heterocycles. The highest BCUT2D eigenvalue weighted by Crippen LogP contribution is 2.16. The molecule has 0 heterocycles. The number of carbonyl (C=O) groups is 3. The van der Waals surface area contributed by atoms with Crippen LogP contribution in [-0.2, 0) is 28.6 Å². The summed E-state index contributed by atoms with van der Waals surface area (Å²) in [5, 5.41) is 0. The molecule has 6 nitrogen and oxygen atoms in total. The van der Waals surface area contributed by atoms with Gasteiger partial charge in [-0.25, -0.2) is 0 Å². The zero-order valence-corrected chi connectivity index (χ0v) is 32.4. The molecule has 0 aliphatic carbocycles. The number of ether oxygens (including phenoxy) is 3. The molecule has 0 rings (SSSR count). The highest BCUT2D eigenvalue weighted by Gasteiger charge is 2.19. The maximum absolute atomic E-state index is 12.6. The Morgan fingerprint density at radius 1 is 0.417 bits per heavy atom. The molecule has 0 spiro atoms. The third-order valence-corrected chi connectivity index (χ3v) is 9.65. The van der Waals surface area contributed by atoms with E-state index in [9.17, 15) is 14.4 Å². The summed E-state index contributed by atoms with van der Waals surface area (Å²) in [6, 6.07) is 0. The lowest BCUT2D eigenvalue weighted by Crippen LogP contribution is -2.30. The molecule has 0 aromatic carbocycles. The molecule has 6 heteroatoms. The number of esters is 3. The summed E-state index contributed by atoms with van der Waals surface area (Å²) >= 11 is 0. The molecule has 0 radical (unpaired) electrons. The van der Waals surface area contributed by atoms with Crippen molar-refractivity contribution in [3.8, 4) is 0 Å². The van der Waals surface area contributed by atoms with Crippen molar-refractivity contribution >= 4 is 17.9 Å². The van der Waals surface area contributed by atoms with Crippen LogP contribution in [0.1, 0.15) is 227 Å². The lowest BCUT2D eigenvalue weighted by Gasteiger charge is -2.18. The van der Waals surface area contributed by atoms with Gasteiger partial charge in [-0.05, 0) is 25.2 Å². The Labute approximate surface area is 298 Å². The van der Waals surface area contributed by atoms with Crippen molar-refractivity contribution in [2.75, 3.05) is 13.2 Å². The molecule has 2 atom stereocenters. The maximum atomic E-state index is 12.6. The van der Waals surface area contributed by atoms with E-state index in [0.29, 0.717) is 19.3 Å². The Bertz CT molecular complexity index is 723. The van der Waals surface area contributed by atoms with Gasteiger partial charge in [-0.1, -0.05) is 188 Å². The number of hydrogen-bond donors (Lipinski definition) is 0. The highest BCUT2D eigenvalue weighted by atomic mass is 16.6. The normalized spacial score (nSPS) is 12.5. The second-order valence-corrected chi connectivity index (χ2v) is 14.5. The summed E-state index contributed by atoms with van der Waals surface area (Å²) in [7, 11) is 0. The van der Waals surface area contributed by atoms with Crippen LogP contribution in [-0.4, -0.2) is 37.2 Å². The minimum Gasteiger partial charge on any atom is -0.462 e. The summed E-state index contributed by atoms with van der Waals surface area (Å²) in [6.45, 7) is 8.90. The van der Waals surface area contributed by atoms with Gasteiger partial charge in [-0.2, -0.15) is 0 Å². The average Bonchev–Trinajstić information content (AvgIpc) is 3.08. The van der Waals surface area contributed by atoms with E-state index in [1.165, 1.54) is 116 Å². The average molecular weight is 681 g/mol. The van der Waals surface area contributed by atoms with Crippen LogP contribution in [0.15, 0.2) is 0 Å². The van der Waals surface area contributed by atoms with Crippen molar-refractivity contribution < 1.29 is 28.6 Å². The van der Waals surface area contributed by atoms with Crippen LogP contribution >= 0.6 is 0 Å². The number of unbranched alkanes of at least 4 members (excludes halogenated alkanes) is 23. The van der Waals surface area contributed by atoms with Gasteiger partial charge in [0.15, 0.2) is 6.10 Å². The summed E-state index contributed by atoms with van der Waals surface area (Å²) in [4.78, 5) is 37.3. The Morgan fingerprint density at radius 3 is 1.08 bits per heavy atom. The van der Waals surface area contributed by atoms with Crippen LogP contribution in [0, 0.1) is 5.92 Å². The quantitative estimate of drug-likeness (QED) is 0.0369. The van der Waals surface area contributed by atoms with Crippen molar-refractivity contribution in [2.24, 2.45) is 5.92 Å².